The van der Waals surface area contributed by atoms with Crippen molar-refractivity contribution >= 4 is 32.4 Å². The molecule has 0 radical (unpaired) electrons. The number of hydrogen-bond donors (Lipinski definition) is 0. The third-order valence-corrected chi connectivity index (χ3v) is 5.81. The highest BCUT2D eigenvalue weighted by atomic mass is 14.6. The Bertz CT molecular complexity index is 1520. The molecular formula is C28H18N2. The smallest absolute Gasteiger partial charge is 0.0708 e. The van der Waals surface area contributed by atoms with Crippen molar-refractivity contribution in [1.29, 1.82) is 0 Å². The highest BCUT2D eigenvalue weighted by Gasteiger charge is 2.11. The Morgan fingerprint density at radius 2 is 1.20 bits per heavy atom. The lowest BCUT2D eigenvalue weighted by molar-refractivity contribution is 1.33. The standard InChI is InChI=1S/C28H18N2/c1-2-7-23-22(6-1)24-13-14-28-25(8-4-16-30-28)27(24)17-26(23)20-11-9-19(10-12-20)21-5-3-15-29-18-21/h1-18H. The number of rotatable bonds is 2. The van der Waals surface area contributed by atoms with E-state index in [1.165, 1.54) is 43.6 Å². The summed E-state index contributed by atoms with van der Waals surface area (Å²) >= 11 is 0. The fraction of sp³-hybridized carbons (Fsp3) is 0. The van der Waals surface area contributed by atoms with Crippen LogP contribution in [0.15, 0.2) is 110 Å². The summed E-state index contributed by atoms with van der Waals surface area (Å²) in [6.45, 7) is 0. The summed E-state index contributed by atoms with van der Waals surface area (Å²) in [4.78, 5) is 8.79. The second kappa shape index (κ2) is 6.78. The maximum absolute atomic E-state index is 4.55. The maximum Gasteiger partial charge on any atom is 0.0708 e. The van der Waals surface area contributed by atoms with E-state index in [2.05, 4.69) is 88.8 Å². The van der Waals surface area contributed by atoms with Gasteiger partial charge in [-0.15, -0.1) is 0 Å². The molecule has 4 aromatic carbocycles. The van der Waals surface area contributed by atoms with Crippen LogP contribution in [0.1, 0.15) is 0 Å². The van der Waals surface area contributed by atoms with Crippen LogP contribution in [0.3, 0.4) is 0 Å². The zero-order valence-electron chi connectivity index (χ0n) is 16.3. The molecule has 0 spiro atoms. The average molecular weight is 382 g/mol. The van der Waals surface area contributed by atoms with E-state index in [0.717, 1.165) is 11.1 Å². The molecule has 0 aliphatic rings. The number of nitrogens with zero attached hydrogens (tertiary/aromatic N) is 2. The topological polar surface area (TPSA) is 25.8 Å². The zero-order valence-corrected chi connectivity index (χ0v) is 16.3. The van der Waals surface area contributed by atoms with E-state index in [4.69, 9.17) is 0 Å². The van der Waals surface area contributed by atoms with Gasteiger partial charge in [0.15, 0.2) is 0 Å². The van der Waals surface area contributed by atoms with Crippen LogP contribution in [0.4, 0.5) is 0 Å². The third-order valence-electron chi connectivity index (χ3n) is 5.81. The number of benzene rings is 4. The van der Waals surface area contributed by atoms with Crippen LogP contribution in [0, 0.1) is 0 Å². The van der Waals surface area contributed by atoms with Gasteiger partial charge in [0, 0.05) is 24.0 Å². The van der Waals surface area contributed by atoms with Crippen molar-refractivity contribution < 1.29 is 0 Å². The molecule has 0 unspecified atom stereocenters. The van der Waals surface area contributed by atoms with E-state index in [-0.39, 0.29) is 0 Å². The van der Waals surface area contributed by atoms with E-state index >= 15 is 0 Å². The van der Waals surface area contributed by atoms with Crippen molar-refractivity contribution in [2.45, 2.75) is 0 Å². The molecule has 0 fully saturated rings. The summed E-state index contributed by atoms with van der Waals surface area (Å²) in [6, 6.07) is 32.3. The fourth-order valence-corrected chi connectivity index (χ4v) is 4.36. The minimum atomic E-state index is 1.03. The lowest BCUT2D eigenvalue weighted by Crippen LogP contribution is -1.87. The van der Waals surface area contributed by atoms with Crippen LogP contribution < -0.4 is 0 Å². The molecule has 2 heterocycles. The van der Waals surface area contributed by atoms with Gasteiger partial charge in [0.1, 0.15) is 0 Å². The summed E-state index contributed by atoms with van der Waals surface area (Å²) in [5, 5.41) is 6.23. The summed E-state index contributed by atoms with van der Waals surface area (Å²) in [7, 11) is 0. The summed E-state index contributed by atoms with van der Waals surface area (Å²) in [6.07, 6.45) is 5.56. The number of pyridine rings is 2. The molecule has 0 saturated carbocycles. The highest BCUT2D eigenvalue weighted by Crippen LogP contribution is 2.38. The SMILES string of the molecule is c1cncc(-c2ccc(-c3cc4c5cccnc5ccc4c4ccccc34)cc2)c1. The van der Waals surface area contributed by atoms with Crippen LogP contribution in [-0.4, -0.2) is 9.97 Å². The first-order chi connectivity index (χ1) is 14.9. The van der Waals surface area contributed by atoms with Crippen molar-refractivity contribution in [3.05, 3.63) is 110 Å². The van der Waals surface area contributed by atoms with Gasteiger partial charge in [-0.25, -0.2) is 0 Å². The van der Waals surface area contributed by atoms with Crippen molar-refractivity contribution in [2.75, 3.05) is 0 Å². The van der Waals surface area contributed by atoms with E-state index in [0.29, 0.717) is 0 Å². The molecular weight excluding hydrogens is 364 g/mol. The van der Waals surface area contributed by atoms with Crippen LogP contribution >= 0.6 is 0 Å². The number of aromatic nitrogens is 2. The molecule has 6 rings (SSSR count). The molecule has 0 saturated heterocycles. The zero-order chi connectivity index (χ0) is 19.9. The second-order valence-corrected chi connectivity index (χ2v) is 7.52. The Labute approximate surface area is 174 Å². The predicted octanol–water partition coefficient (Wildman–Crippen LogP) is 7.27. The molecule has 0 bridgehead atoms. The van der Waals surface area contributed by atoms with Crippen molar-refractivity contribution in [3.8, 4) is 22.3 Å². The third kappa shape index (κ3) is 2.66. The summed E-state index contributed by atoms with van der Waals surface area (Å²) in [5.74, 6) is 0. The van der Waals surface area contributed by atoms with E-state index < -0.39 is 0 Å². The molecule has 140 valence electrons. The lowest BCUT2D eigenvalue weighted by atomic mass is 9.91. The van der Waals surface area contributed by atoms with E-state index in [1.54, 1.807) is 6.20 Å². The van der Waals surface area contributed by atoms with Crippen molar-refractivity contribution in [1.82, 2.24) is 9.97 Å². The minimum Gasteiger partial charge on any atom is -0.264 e. The molecule has 30 heavy (non-hydrogen) atoms. The maximum atomic E-state index is 4.55. The van der Waals surface area contributed by atoms with E-state index in [1.807, 2.05) is 24.5 Å². The second-order valence-electron chi connectivity index (χ2n) is 7.52. The number of hydrogen-bond acceptors (Lipinski definition) is 2. The van der Waals surface area contributed by atoms with Gasteiger partial charge in [0.05, 0.1) is 5.52 Å². The van der Waals surface area contributed by atoms with Gasteiger partial charge < -0.3 is 0 Å². The highest BCUT2D eigenvalue weighted by molar-refractivity contribution is 6.20. The Hall–Kier alpha value is -4.04. The molecule has 0 amide bonds. The first-order valence-electron chi connectivity index (χ1n) is 10.1. The van der Waals surface area contributed by atoms with Crippen LogP contribution in [0.25, 0.3) is 54.7 Å². The minimum absolute atomic E-state index is 1.03. The first kappa shape index (κ1) is 16.9. The molecule has 0 atom stereocenters. The Kier molecular flexibility index (Phi) is 3.82. The van der Waals surface area contributed by atoms with Crippen molar-refractivity contribution in [3.63, 3.8) is 0 Å². The van der Waals surface area contributed by atoms with Gasteiger partial charge in [0.25, 0.3) is 0 Å². The first-order valence-corrected chi connectivity index (χ1v) is 10.1. The average Bonchev–Trinajstić information content (AvgIpc) is 2.84. The van der Waals surface area contributed by atoms with Gasteiger partial charge in [0.2, 0.25) is 0 Å². The van der Waals surface area contributed by atoms with Crippen LogP contribution in [0.2, 0.25) is 0 Å². The largest absolute Gasteiger partial charge is 0.264 e. The van der Waals surface area contributed by atoms with Crippen LogP contribution in [0.5, 0.6) is 0 Å². The van der Waals surface area contributed by atoms with E-state index in [9.17, 15) is 0 Å². The number of fused-ring (bicyclic) bond motifs is 5. The van der Waals surface area contributed by atoms with Crippen LogP contribution in [-0.2, 0) is 0 Å². The molecule has 2 aromatic heterocycles. The normalized spacial score (nSPS) is 11.3. The summed E-state index contributed by atoms with van der Waals surface area (Å²) < 4.78 is 0. The molecule has 0 aliphatic carbocycles. The lowest BCUT2D eigenvalue weighted by Gasteiger charge is -2.13. The van der Waals surface area contributed by atoms with Gasteiger partial charge in [-0.1, -0.05) is 66.7 Å². The Morgan fingerprint density at radius 1 is 0.467 bits per heavy atom. The van der Waals surface area contributed by atoms with Crippen molar-refractivity contribution in [2.24, 2.45) is 0 Å². The van der Waals surface area contributed by atoms with Gasteiger partial charge >= 0.3 is 0 Å². The van der Waals surface area contributed by atoms with Gasteiger partial charge in [-0.2, -0.15) is 0 Å². The monoisotopic (exact) mass is 382 g/mol. The molecule has 2 nitrogen and oxygen atoms in total. The molecule has 0 N–H and O–H groups in total. The molecule has 2 heteroatoms. The molecule has 6 aromatic rings. The predicted molar refractivity (Wildman–Crippen MR) is 125 cm³/mol. The Balaban J connectivity index is 1.62. The quantitative estimate of drug-likeness (QED) is 0.294. The molecule has 0 aliphatic heterocycles. The van der Waals surface area contributed by atoms with Gasteiger partial charge in [-0.3, -0.25) is 9.97 Å². The Morgan fingerprint density at radius 3 is 2.03 bits per heavy atom. The van der Waals surface area contributed by atoms with Gasteiger partial charge in [-0.05, 0) is 68.1 Å². The summed E-state index contributed by atoms with van der Waals surface area (Å²) in [5.41, 5.74) is 5.78. The fourth-order valence-electron chi connectivity index (χ4n) is 4.36.